The maximum absolute atomic E-state index is 13.0. The third-order valence-corrected chi connectivity index (χ3v) is 5.02. The Hall–Kier alpha value is -2.71. The first-order valence-electron chi connectivity index (χ1n) is 9.47. The summed E-state index contributed by atoms with van der Waals surface area (Å²) in [6.07, 6.45) is 0.938. The molecule has 0 heterocycles. The second-order valence-corrected chi connectivity index (χ2v) is 9.53. The van der Waals surface area contributed by atoms with Crippen LogP contribution in [-0.4, -0.2) is 38.8 Å². The van der Waals surface area contributed by atoms with E-state index in [1.165, 1.54) is 24.3 Å². The van der Waals surface area contributed by atoms with Gasteiger partial charge in [-0.05, 0) is 63.6 Å². The smallest absolute Gasteiger partial charge is 0.338 e. The van der Waals surface area contributed by atoms with Gasteiger partial charge in [-0.1, -0.05) is 18.2 Å². The number of amides is 1. The van der Waals surface area contributed by atoms with Gasteiger partial charge in [0.05, 0.1) is 36.3 Å². The minimum absolute atomic E-state index is 0.0631. The van der Waals surface area contributed by atoms with Gasteiger partial charge in [-0.25, -0.2) is 17.5 Å². The molecule has 0 aromatic heterocycles. The molecule has 162 valence electrons. The van der Waals surface area contributed by atoms with Crippen LogP contribution in [0.1, 0.15) is 54.0 Å². The fourth-order valence-corrected chi connectivity index (χ4v) is 3.50. The third kappa shape index (κ3) is 6.40. The van der Waals surface area contributed by atoms with E-state index >= 15 is 0 Å². The predicted molar refractivity (Wildman–Crippen MR) is 115 cm³/mol. The molecule has 0 spiro atoms. The summed E-state index contributed by atoms with van der Waals surface area (Å²) in [7, 11) is -3.95. The highest BCUT2D eigenvalue weighted by Gasteiger charge is 2.27. The Labute approximate surface area is 177 Å². The van der Waals surface area contributed by atoms with Gasteiger partial charge in [0.25, 0.3) is 5.91 Å². The number of carbonyl (C=O) groups is 2. The topological polar surface area (TPSA) is 90.0 Å². The van der Waals surface area contributed by atoms with Gasteiger partial charge in [-0.2, -0.15) is 0 Å². The Morgan fingerprint density at radius 1 is 1.00 bits per heavy atom. The molecule has 0 aliphatic rings. The second-order valence-electron chi connectivity index (χ2n) is 7.70. The third-order valence-electron chi connectivity index (χ3n) is 3.98. The van der Waals surface area contributed by atoms with Gasteiger partial charge in [-0.3, -0.25) is 4.79 Å². The van der Waals surface area contributed by atoms with E-state index in [2.05, 4.69) is 0 Å². The van der Waals surface area contributed by atoms with Crippen LogP contribution in [0.25, 0.3) is 0 Å². The molecule has 0 fully saturated rings. The summed E-state index contributed by atoms with van der Waals surface area (Å²) in [6.45, 7) is 8.06. The van der Waals surface area contributed by atoms with E-state index < -0.39 is 21.9 Å². The van der Waals surface area contributed by atoms with E-state index in [1.54, 1.807) is 31.2 Å². The molecule has 2 aromatic rings. The van der Waals surface area contributed by atoms with Crippen LogP contribution in [0.5, 0.6) is 0 Å². The predicted octanol–water partition coefficient (Wildman–Crippen LogP) is 3.78. The van der Waals surface area contributed by atoms with Crippen LogP contribution in [0.4, 0.5) is 5.69 Å². The van der Waals surface area contributed by atoms with Crippen molar-refractivity contribution < 1.29 is 27.5 Å². The molecule has 2 aromatic carbocycles. The lowest BCUT2D eigenvalue weighted by atomic mass is 10.1. The monoisotopic (exact) mass is 433 g/mol. The first-order valence-corrected chi connectivity index (χ1v) is 11.3. The Bertz CT molecular complexity index is 1010. The van der Waals surface area contributed by atoms with Crippen molar-refractivity contribution >= 4 is 27.6 Å². The summed E-state index contributed by atoms with van der Waals surface area (Å²) < 4.78 is 36.1. The van der Waals surface area contributed by atoms with Crippen LogP contribution >= 0.6 is 0 Å². The summed E-state index contributed by atoms with van der Waals surface area (Å²) >= 11 is 0. The molecule has 0 N–H and O–H groups in total. The van der Waals surface area contributed by atoms with E-state index in [1.807, 2.05) is 20.8 Å². The molecular weight excluding hydrogens is 406 g/mol. The van der Waals surface area contributed by atoms with Crippen molar-refractivity contribution in [2.24, 2.45) is 0 Å². The van der Waals surface area contributed by atoms with Crippen LogP contribution in [-0.2, 0) is 26.1 Å². The molecule has 0 bridgehead atoms. The number of carbonyl (C=O) groups excluding carboxylic acids is 2. The Morgan fingerprint density at radius 3 is 2.17 bits per heavy atom. The van der Waals surface area contributed by atoms with Crippen molar-refractivity contribution in [3.8, 4) is 0 Å². The maximum Gasteiger partial charge on any atom is 0.338 e. The molecule has 0 aliphatic heterocycles. The van der Waals surface area contributed by atoms with E-state index in [-0.39, 0.29) is 29.0 Å². The molecule has 8 heteroatoms. The fraction of sp³-hybridized carbons (Fsp3) is 0.364. The highest BCUT2D eigenvalue weighted by Crippen LogP contribution is 2.23. The van der Waals surface area contributed by atoms with Gasteiger partial charge in [0.2, 0.25) is 10.0 Å². The van der Waals surface area contributed by atoms with Crippen LogP contribution in [0, 0.1) is 0 Å². The average molecular weight is 434 g/mol. The number of sulfonamides is 1. The van der Waals surface area contributed by atoms with Crippen molar-refractivity contribution in [1.82, 2.24) is 0 Å². The zero-order chi connectivity index (χ0) is 22.5. The molecule has 0 saturated carbocycles. The molecule has 0 saturated heterocycles. The van der Waals surface area contributed by atoms with Gasteiger partial charge in [0.15, 0.2) is 0 Å². The van der Waals surface area contributed by atoms with Gasteiger partial charge in [0.1, 0.15) is 0 Å². The number of ether oxygens (including phenoxy) is 2. The van der Waals surface area contributed by atoms with Crippen LogP contribution in [0.3, 0.4) is 0 Å². The first-order chi connectivity index (χ1) is 13.9. The van der Waals surface area contributed by atoms with Crippen LogP contribution in [0.2, 0.25) is 0 Å². The van der Waals surface area contributed by atoms with Crippen molar-refractivity contribution in [1.29, 1.82) is 0 Å². The molecule has 0 unspecified atom stereocenters. The van der Waals surface area contributed by atoms with Crippen molar-refractivity contribution in [3.63, 3.8) is 0 Å². The quantitative estimate of drug-likeness (QED) is 0.617. The Balaban J connectivity index is 2.34. The van der Waals surface area contributed by atoms with Crippen LogP contribution in [0.15, 0.2) is 48.5 Å². The van der Waals surface area contributed by atoms with E-state index in [9.17, 15) is 18.0 Å². The van der Waals surface area contributed by atoms with Gasteiger partial charge in [0, 0.05) is 5.56 Å². The fourth-order valence-electron chi connectivity index (χ4n) is 2.59. The Kier molecular flexibility index (Phi) is 7.39. The molecule has 0 atom stereocenters. The number of anilines is 1. The van der Waals surface area contributed by atoms with Crippen molar-refractivity contribution in [2.45, 2.75) is 39.9 Å². The zero-order valence-corrected chi connectivity index (χ0v) is 18.7. The molecule has 2 rings (SSSR count). The second kappa shape index (κ2) is 9.40. The van der Waals surface area contributed by atoms with E-state index in [0.29, 0.717) is 10.9 Å². The lowest BCUT2D eigenvalue weighted by Gasteiger charge is -2.21. The van der Waals surface area contributed by atoms with Gasteiger partial charge >= 0.3 is 5.97 Å². The number of hydrogen-bond donors (Lipinski definition) is 0. The number of nitrogens with zero attached hydrogens (tertiary/aromatic N) is 1. The minimum atomic E-state index is -3.95. The summed E-state index contributed by atoms with van der Waals surface area (Å²) in [6, 6.07) is 12.3. The molecular formula is C22H27NO6S. The standard InChI is InChI=1S/C22H27NO6S/c1-6-28-21(25)18-8-7-9-19(14-18)23(30(5,26)27)20(24)17-12-10-16(11-13-17)15-29-22(2,3)4/h7-14H,6,15H2,1-5H3. The summed E-state index contributed by atoms with van der Waals surface area (Å²) in [5.41, 5.74) is 0.975. The summed E-state index contributed by atoms with van der Waals surface area (Å²) in [5.74, 6) is -1.31. The Morgan fingerprint density at radius 2 is 1.63 bits per heavy atom. The highest BCUT2D eigenvalue weighted by molar-refractivity contribution is 7.92. The largest absolute Gasteiger partial charge is 0.462 e. The lowest BCUT2D eigenvalue weighted by molar-refractivity contribution is -0.0149. The SMILES string of the molecule is CCOC(=O)c1cccc(N(C(=O)c2ccc(COC(C)(C)C)cc2)S(C)(=O)=O)c1. The number of benzene rings is 2. The normalized spacial score (nSPS) is 11.8. The maximum atomic E-state index is 13.0. The highest BCUT2D eigenvalue weighted by atomic mass is 32.2. The molecule has 7 nitrogen and oxygen atoms in total. The average Bonchev–Trinajstić information content (AvgIpc) is 2.65. The number of hydrogen-bond acceptors (Lipinski definition) is 6. The van der Waals surface area contributed by atoms with E-state index in [4.69, 9.17) is 9.47 Å². The summed E-state index contributed by atoms with van der Waals surface area (Å²) in [5, 5.41) is 0. The van der Waals surface area contributed by atoms with E-state index in [0.717, 1.165) is 11.8 Å². The first kappa shape index (κ1) is 23.6. The molecule has 0 aliphatic carbocycles. The summed E-state index contributed by atoms with van der Waals surface area (Å²) in [4.78, 5) is 25.0. The van der Waals surface area contributed by atoms with Crippen LogP contribution < -0.4 is 4.31 Å². The number of esters is 1. The molecule has 0 radical (unpaired) electrons. The lowest BCUT2D eigenvalue weighted by Crippen LogP contribution is -2.36. The molecule has 1 amide bonds. The van der Waals surface area contributed by atoms with Gasteiger partial charge in [-0.15, -0.1) is 0 Å². The minimum Gasteiger partial charge on any atom is -0.462 e. The van der Waals surface area contributed by atoms with Crippen molar-refractivity contribution in [3.05, 3.63) is 65.2 Å². The molecule has 30 heavy (non-hydrogen) atoms. The number of rotatable bonds is 7. The van der Waals surface area contributed by atoms with Crippen molar-refractivity contribution in [2.75, 3.05) is 17.2 Å². The zero-order valence-electron chi connectivity index (χ0n) is 17.8. The van der Waals surface area contributed by atoms with Gasteiger partial charge < -0.3 is 9.47 Å².